The average Bonchev–Trinajstić information content (AvgIpc) is 3.03. The molecule has 2 aromatic carbocycles. The van der Waals surface area contributed by atoms with Crippen LogP contribution in [0.5, 0.6) is 5.75 Å². The molecule has 1 amide bonds. The van der Waals surface area contributed by atoms with Crippen LogP contribution in [0.2, 0.25) is 0 Å². The van der Waals surface area contributed by atoms with Gasteiger partial charge in [-0.05, 0) is 18.2 Å². The fraction of sp³-hybridized carbons (Fsp3) is 0.125. The quantitative estimate of drug-likeness (QED) is 0.408. The summed E-state index contributed by atoms with van der Waals surface area (Å²) in [6, 6.07) is 11.3. The maximum Gasteiger partial charge on any atom is 0.271 e. The number of hydrogen-bond acceptors (Lipinski definition) is 7. The molecular formula is C16H13N3O5S. The van der Waals surface area contributed by atoms with E-state index in [-0.39, 0.29) is 23.0 Å². The molecule has 0 unspecified atom stereocenters. The van der Waals surface area contributed by atoms with Gasteiger partial charge in [-0.25, -0.2) is 4.98 Å². The summed E-state index contributed by atoms with van der Waals surface area (Å²) in [6.07, 6.45) is 0. The van der Waals surface area contributed by atoms with Gasteiger partial charge < -0.3 is 14.5 Å². The van der Waals surface area contributed by atoms with Crippen molar-refractivity contribution in [1.29, 1.82) is 0 Å². The minimum atomic E-state index is -0.540. The molecular weight excluding hydrogens is 346 g/mol. The molecule has 0 saturated carbocycles. The third-order valence-corrected chi connectivity index (χ3v) is 4.10. The Morgan fingerprint density at radius 2 is 2.16 bits per heavy atom. The van der Waals surface area contributed by atoms with E-state index in [9.17, 15) is 14.9 Å². The number of nitrogens with zero attached hydrogens (tertiary/aromatic N) is 2. The van der Waals surface area contributed by atoms with Crippen molar-refractivity contribution in [3.8, 4) is 5.75 Å². The van der Waals surface area contributed by atoms with Crippen molar-refractivity contribution in [3.63, 3.8) is 0 Å². The fourth-order valence-corrected chi connectivity index (χ4v) is 2.77. The number of rotatable bonds is 6. The molecule has 25 heavy (non-hydrogen) atoms. The Morgan fingerprint density at radius 3 is 2.88 bits per heavy atom. The van der Waals surface area contributed by atoms with Crippen molar-refractivity contribution in [1.82, 2.24) is 4.98 Å². The van der Waals surface area contributed by atoms with Gasteiger partial charge in [0.1, 0.15) is 11.3 Å². The number of para-hydroxylation sites is 2. The number of hydrogen-bond donors (Lipinski definition) is 1. The Balaban J connectivity index is 1.67. The number of anilines is 1. The zero-order valence-corrected chi connectivity index (χ0v) is 13.9. The smallest absolute Gasteiger partial charge is 0.271 e. The zero-order valence-electron chi connectivity index (χ0n) is 13.1. The molecule has 128 valence electrons. The predicted molar refractivity (Wildman–Crippen MR) is 93.0 cm³/mol. The van der Waals surface area contributed by atoms with Crippen molar-refractivity contribution in [3.05, 3.63) is 52.6 Å². The van der Waals surface area contributed by atoms with Gasteiger partial charge in [0.05, 0.1) is 23.5 Å². The van der Waals surface area contributed by atoms with E-state index < -0.39 is 4.92 Å². The van der Waals surface area contributed by atoms with Crippen LogP contribution >= 0.6 is 11.8 Å². The lowest BCUT2D eigenvalue weighted by atomic mass is 10.2. The van der Waals surface area contributed by atoms with Gasteiger partial charge in [-0.1, -0.05) is 23.9 Å². The molecule has 0 aliphatic heterocycles. The van der Waals surface area contributed by atoms with E-state index in [1.807, 2.05) is 18.2 Å². The number of ether oxygens (including phenoxy) is 1. The monoisotopic (exact) mass is 359 g/mol. The van der Waals surface area contributed by atoms with Gasteiger partial charge >= 0.3 is 0 Å². The summed E-state index contributed by atoms with van der Waals surface area (Å²) in [4.78, 5) is 26.7. The minimum Gasteiger partial charge on any atom is -0.495 e. The normalized spacial score (nSPS) is 10.6. The van der Waals surface area contributed by atoms with Gasteiger partial charge in [-0.2, -0.15) is 0 Å². The van der Waals surface area contributed by atoms with E-state index in [0.29, 0.717) is 22.1 Å². The van der Waals surface area contributed by atoms with Gasteiger partial charge in [0.2, 0.25) is 5.91 Å². The summed E-state index contributed by atoms with van der Waals surface area (Å²) in [6.45, 7) is 0. The second-order valence-electron chi connectivity index (χ2n) is 4.93. The van der Waals surface area contributed by atoms with Crippen LogP contribution in [0.4, 0.5) is 11.4 Å². The maximum atomic E-state index is 12.1. The SMILES string of the molecule is COc1ccc([N+](=O)[O-])cc1NC(=O)CSc1nc2ccccc2o1. The number of carbonyl (C=O) groups excluding carboxylic acids is 1. The van der Waals surface area contributed by atoms with Gasteiger partial charge in [0.15, 0.2) is 5.58 Å². The number of benzene rings is 2. The predicted octanol–water partition coefficient (Wildman–Crippen LogP) is 3.48. The molecule has 1 aromatic heterocycles. The van der Waals surface area contributed by atoms with Gasteiger partial charge in [-0.15, -0.1) is 0 Å². The molecule has 0 spiro atoms. The molecule has 0 aliphatic carbocycles. The molecule has 0 saturated heterocycles. The van der Waals surface area contributed by atoms with Gasteiger partial charge in [0.25, 0.3) is 10.9 Å². The molecule has 0 atom stereocenters. The molecule has 0 radical (unpaired) electrons. The Morgan fingerprint density at radius 1 is 1.36 bits per heavy atom. The molecule has 3 rings (SSSR count). The summed E-state index contributed by atoms with van der Waals surface area (Å²) >= 11 is 1.13. The third kappa shape index (κ3) is 3.89. The van der Waals surface area contributed by atoms with E-state index >= 15 is 0 Å². The Bertz CT molecular complexity index is 907. The standard InChI is InChI=1S/C16H13N3O5S/c1-23-13-7-6-10(19(21)22)8-12(13)17-15(20)9-25-16-18-11-4-2-3-5-14(11)24-16/h2-8H,9H2,1H3,(H,17,20). The van der Waals surface area contributed by atoms with Crippen LogP contribution in [-0.4, -0.2) is 28.7 Å². The van der Waals surface area contributed by atoms with E-state index in [1.54, 1.807) is 6.07 Å². The number of nitrogens with one attached hydrogen (secondary N) is 1. The Labute approximate surface area is 146 Å². The number of amides is 1. The molecule has 0 fully saturated rings. The molecule has 3 aromatic rings. The first-order valence-corrected chi connectivity index (χ1v) is 8.16. The van der Waals surface area contributed by atoms with Gasteiger partial charge in [-0.3, -0.25) is 14.9 Å². The zero-order chi connectivity index (χ0) is 17.8. The highest BCUT2D eigenvalue weighted by Gasteiger charge is 2.15. The molecule has 9 heteroatoms. The summed E-state index contributed by atoms with van der Waals surface area (Å²) in [5.74, 6) is 0.0236. The Hall–Kier alpha value is -3.07. The van der Waals surface area contributed by atoms with Crippen LogP contribution in [0.3, 0.4) is 0 Å². The number of aromatic nitrogens is 1. The minimum absolute atomic E-state index is 0.0403. The molecule has 0 aliphatic rings. The largest absolute Gasteiger partial charge is 0.495 e. The second-order valence-corrected chi connectivity index (χ2v) is 5.85. The molecule has 0 bridgehead atoms. The van der Waals surface area contributed by atoms with E-state index in [4.69, 9.17) is 9.15 Å². The third-order valence-electron chi connectivity index (χ3n) is 3.27. The number of oxazole rings is 1. The van der Waals surface area contributed by atoms with Crippen LogP contribution in [-0.2, 0) is 4.79 Å². The van der Waals surface area contributed by atoms with Crippen molar-refractivity contribution < 1.29 is 18.9 Å². The number of nitro groups is 1. The molecule has 1 heterocycles. The first kappa shape index (κ1) is 16.8. The average molecular weight is 359 g/mol. The van der Waals surface area contributed by atoms with Crippen molar-refractivity contribution >= 4 is 40.1 Å². The summed E-state index contributed by atoms with van der Waals surface area (Å²) in [5, 5.41) is 13.8. The van der Waals surface area contributed by atoms with E-state index in [1.165, 1.54) is 25.3 Å². The van der Waals surface area contributed by atoms with Crippen molar-refractivity contribution in [2.75, 3.05) is 18.2 Å². The number of thioether (sulfide) groups is 1. The number of carbonyl (C=O) groups is 1. The van der Waals surface area contributed by atoms with Crippen molar-refractivity contribution in [2.45, 2.75) is 5.22 Å². The number of non-ortho nitro benzene ring substituents is 1. The Kier molecular flexibility index (Phi) is 4.85. The number of fused-ring (bicyclic) bond motifs is 1. The highest BCUT2D eigenvalue weighted by molar-refractivity contribution is 7.99. The summed E-state index contributed by atoms with van der Waals surface area (Å²) < 4.78 is 10.6. The lowest BCUT2D eigenvalue weighted by molar-refractivity contribution is -0.384. The number of nitro benzene ring substituents is 1. The van der Waals surface area contributed by atoms with Crippen LogP contribution in [0.15, 0.2) is 52.1 Å². The number of methoxy groups -OCH3 is 1. The van der Waals surface area contributed by atoms with Crippen molar-refractivity contribution in [2.24, 2.45) is 0 Å². The molecule has 1 N–H and O–H groups in total. The summed E-state index contributed by atoms with van der Waals surface area (Å²) in [7, 11) is 1.42. The lowest BCUT2D eigenvalue weighted by Crippen LogP contribution is -2.14. The lowest BCUT2D eigenvalue weighted by Gasteiger charge is -2.09. The highest BCUT2D eigenvalue weighted by Crippen LogP contribution is 2.29. The maximum absolute atomic E-state index is 12.1. The molecule has 8 nitrogen and oxygen atoms in total. The first-order valence-electron chi connectivity index (χ1n) is 7.17. The van der Waals surface area contributed by atoms with E-state index in [0.717, 1.165) is 11.8 Å². The first-order chi connectivity index (χ1) is 12.1. The van der Waals surface area contributed by atoms with Crippen LogP contribution in [0.25, 0.3) is 11.1 Å². The topological polar surface area (TPSA) is 108 Å². The van der Waals surface area contributed by atoms with Crippen LogP contribution in [0, 0.1) is 10.1 Å². The second kappa shape index (κ2) is 7.22. The van der Waals surface area contributed by atoms with Crippen LogP contribution < -0.4 is 10.1 Å². The fourth-order valence-electron chi connectivity index (χ4n) is 2.13. The van der Waals surface area contributed by atoms with Gasteiger partial charge in [0, 0.05) is 12.1 Å². The van der Waals surface area contributed by atoms with Crippen LogP contribution in [0.1, 0.15) is 0 Å². The van der Waals surface area contributed by atoms with E-state index in [2.05, 4.69) is 10.3 Å². The highest BCUT2D eigenvalue weighted by atomic mass is 32.2. The summed E-state index contributed by atoms with van der Waals surface area (Å²) in [5.41, 5.74) is 1.46.